The fourth-order valence-corrected chi connectivity index (χ4v) is 2.78. The first-order valence-corrected chi connectivity index (χ1v) is 7.64. The van der Waals surface area contributed by atoms with E-state index < -0.39 is 11.2 Å². The first-order valence-electron chi connectivity index (χ1n) is 7.64. The molecular formula is C18H14N4O3. The number of H-pyrrole nitrogens is 2. The number of hydrogen-bond acceptors (Lipinski definition) is 4. The van der Waals surface area contributed by atoms with Crippen molar-refractivity contribution in [3.8, 4) is 5.75 Å². The number of phenolic OH excluding ortho intramolecular Hbond substituents is 1. The molecule has 0 saturated heterocycles. The Bertz CT molecular complexity index is 1260. The van der Waals surface area contributed by atoms with Crippen molar-refractivity contribution in [2.45, 2.75) is 6.92 Å². The van der Waals surface area contributed by atoms with E-state index >= 15 is 0 Å². The highest BCUT2D eigenvalue weighted by Gasteiger charge is 2.12. The largest absolute Gasteiger partial charge is 0.507 e. The second-order valence-electron chi connectivity index (χ2n) is 5.77. The van der Waals surface area contributed by atoms with E-state index in [1.807, 2.05) is 25.1 Å². The van der Waals surface area contributed by atoms with Crippen LogP contribution in [0.25, 0.3) is 21.9 Å². The molecule has 0 saturated carbocycles. The van der Waals surface area contributed by atoms with Crippen LogP contribution in [-0.4, -0.2) is 26.0 Å². The highest BCUT2D eigenvalue weighted by Crippen LogP contribution is 2.21. The SMILES string of the molecule is Cc1ccc2[nH]c3c(=O)n(/N=C/c4ccccc4O)c(=O)[nH]c3c2c1. The van der Waals surface area contributed by atoms with Gasteiger partial charge in [-0.25, -0.2) is 4.79 Å². The van der Waals surface area contributed by atoms with Crippen molar-refractivity contribution < 1.29 is 5.11 Å². The maximum atomic E-state index is 12.6. The van der Waals surface area contributed by atoms with Gasteiger partial charge < -0.3 is 15.1 Å². The average molecular weight is 334 g/mol. The molecule has 0 atom stereocenters. The Labute approximate surface area is 140 Å². The number of aromatic amines is 2. The van der Waals surface area contributed by atoms with Gasteiger partial charge in [0, 0.05) is 16.5 Å². The lowest BCUT2D eigenvalue weighted by molar-refractivity contribution is 0.474. The predicted molar refractivity (Wildman–Crippen MR) is 96.5 cm³/mol. The van der Waals surface area contributed by atoms with Crippen molar-refractivity contribution in [2.75, 3.05) is 0 Å². The topological polar surface area (TPSA) is 103 Å². The maximum absolute atomic E-state index is 12.6. The molecule has 0 radical (unpaired) electrons. The molecule has 0 fully saturated rings. The van der Waals surface area contributed by atoms with Gasteiger partial charge in [0.15, 0.2) is 0 Å². The molecule has 25 heavy (non-hydrogen) atoms. The van der Waals surface area contributed by atoms with Crippen LogP contribution in [-0.2, 0) is 0 Å². The number of fused-ring (bicyclic) bond motifs is 3. The van der Waals surface area contributed by atoms with Gasteiger partial charge in [-0.05, 0) is 31.2 Å². The number of nitrogens with zero attached hydrogens (tertiary/aromatic N) is 2. The Kier molecular flexibility index (Phi) is 3.28. The molecule has 0 aliphatic heterocycles. The van der Waals surface area contributed by atoms with Gasteiger partial charge >= 0.3 is 11.2 Å². The minimum Gasteiger partial charge on any atom is -0.507 e. The number of rotatable bonds is 2. The Balaban J connectivity index is 1.94. The molecule has 4 aromatic rings. The summed E-state index contributed by atoms with van der Waals surface area (Å²) in [5.74, 6) is 0.0119. The third-order valence-corrected chi connectivity index (χ3v) is 4.03. The quantitative estimate of drug-likeness (QED) is 0.489. The summed E-state index contributed by atoms with van der Waals surface area (Å²) in [5.41, 5.74) is 1.72. The van der Waals surface area contributed by atoms with Crippen molar-refractivity contribution in [2.24, 2.45) is 5.10 Å². The lowest BCUT2D eigenvalue weighted by Gasteiger charge is -1.99. The fraction of sp³-hybridized carbons (Fsp3) is 0.0556. The van der Waals surface area contributed by atoms with E-state index in [-0.39, 0.29) is 11.3 Å². The van der Waals surface area contributed by atoms with Gasteiger partial charge in [0.05, 0.1) is 11.7 Å². The van der Waals surface area contributed by atoms with E-state index in [1.54, 1.807) is 18.2 Å². The maximum Gasteiger partial charge on any atom is 0.350 e. The number of aryl methyl sites for hydroxylation is 1. The van der Waals surface area contributed by atoms with E-state index in [4.69, 9.17) is 0 Å². The van der Waals surface area contributed by atoms with Gasteiger partial charge in [-0.1, -0.05) is 23.8 Å². The monoisotopic (exact) mass is 334 g/mol. The Morgan fingerprint density at radius 1 is 1.08 bits per heavy atom. The molecule has 0 amide bonds. The van der Waals surface area contributed by atoms with Crippen LogP contribution < -0.4 is 11.2 Å². The number of para-hydroxylation sites is 1. The van der Waals surface area contributed by atoms with Crippen LogP contribution in [0.1, 0.15) is 11.1 Å². The molecule has 0 aliphatic rings. The third-order valence-electron chi connectivity index (χ3n) is 4.03. The van der Waals surface area contributed by atoms with E-state index in [0.29, 0.717) is 11.1 Å². The van der Waals surface area contributed by atoms with Gasteiger partial charge in [0.1, 0.15) is 11.3 Å². The Morgan fingerprint density at radius 2 is 1.88 bits per heavy atom. The lowest BCUT2D eigenvalue weighted by atomic mass is 10.2. The van der Waals surface area contributed by atoms with Gasteiger partial charge in [-0.15, -0.1) is 4.68 Å². The number of aromatic nitrogens is 3. The van der Waals surface area contributed by atoms with Crippen molar-refractivity contribution in [3.05, 3.63) is 74.4 Å². The van der Waals surface area contributed by atoms with Crippen molar-refractivity contribution in [3.63, 3.8) is 0 Å². The molecule has 124 valence electrons. The van der Waals surface area contributed by atoms with Gasteiger partial charge in [-0.2, -0.15) is 5.10 Å². The summed E-state index contributed by atoms with van der Waals surface area (Å²) < 4.78 is 0.733. The minimum absolute atomic E-state index is 0.0119. The molecule has 0 spiro atoms. The average Bonchev–Trinajstić information content (AvgIpc) is 2.94. The van der Waals surface area contributed by atoms with E-state index in [9.17, 15) is 14.7 Å². The molecule has 3 N–H and O–H groups in total. The zero-order valence-corrected chi connectivity index (χ0v) is 13.3. The van der Waals surface area contributed by atoms with Crippen LogP contribution in [0, 0.1) is 6.92 Å². The van der Waals surface area contributed by atoms with E-state index in [1.165, 1.54) is 12.3 Å². The number of hydrogen-bond donors (Lipinski definition) is 3. The Morgan fingerprint density at radius 3 is 2.68 bits per heavy atom. The zero-order chi connectivity index (χ0) is 17.6. The molecule has 4 rings (SSSR count). The van der Waals surface area contributed by atoms with Crippen molar-refractivity contribution >= 4 is 28.2 Å². The van der Waals surface area contributed by atoms with Crippen LogP contribution in [0.4, 0.5) is 0 Å². The molecule has 2 aromatic carbocycles. The zero-order valence-electron chi connectivity index (χ0n) is 13.3. The summed E-state index contributed by atoms with van der Waals surface area (Å²) in [6.07, 6.45) is 1.27. The molecule has 0 aliphatic carbocycles. The highest BCUT2D eigenvalue weighted by molar-refractivity contribution is 6.04. The number of aromatic hydroxyl groups is 1. The van der Waals surface area contributed by atoms with Crippen LogP contribution in [0.15, 0.2) is 57.2 Å². The van der Waals surface area contributed by atoms with Crippen LogP contribution in [0.3, 0.4) is 0 Å². The number of nitrogens with one attached hydrogen (secondary N) is 2. The molecule has 0 bridgehead atoms. The predicted octanol–water partition coefficient (Wildman–Crippen LogP) is 2.07. The molecule has 7 nitrogen and oxygen atoms in total. The number of benzene rings is 2. The first-order chi connectivity index (χ1) is 12.0. The van der Waals surface area contributed by atoms with E-state index in [2.05, 4.69) is 15.1 Å². The second-order valence-corrected chi connectivity index (χ2v) is 5.77. The fourth-order valence-electron chi connectivity index (χ4n) is 2.78. The smallest absolute Gasteiger partial charge is 0.350 e. The molecule has 2 aromatic heterocycles. The summed E-state index contributed by atoms with van der Waals surface area (Å²) in [6, 6.07) is 12.2. The van der Waals surface area contributed by atoms with Crippen LogP contribution in [0.2, 0.25) is 0 Å². The summed E-state index contributed by atoms with van der Waals surface area (Å²) in [6.45, 7) is 1.94. The molecule has 7 heteroatoms. The molecule has 2 heterocycles. The first kappa shape index (κ1) is 14.9. The standard InChI is InChI=1S/C18H14N4O3/c1-10-6-7-13-12(8-10)15-16(20-13)17(24)22(18(25)21-15)19-9-11-4-2-3-5-14(11)23/h2-9,20,23H,1H3,(H,21,25)/b19-9+. The highest BCUT2D eigenvalue weighted by atomic mass is 16.3. The lowest BCUT2D eigenvalue weighted by Crippen LogP contribution is -2.32. The third kappa shape index (κ3) is 2.42. The number of phenols is 1. The van der Waals surface area contributed by atoms with E-state index in [0.717, 1.165) is 21.1 Å². The summed E-state index contributed by atoms with van der Waals surface area (Å²) >= 11 is 0. The summed E-state index contributed by atoms with van der Waals surface area (Å²) in [5, 5.41) is 14.5. The van der Waals surface area contributed by atoms with Crippen LogP contribution in [0.5, 0.6) is 5.75 Å². The normalized spacial score (nSPS) is 11.7. The molecular weight excluding hydrogens is 320 g/mol. The van der Waals surface area contributed by atoms with Gasteiger partial charge in [-0.3, -0.25) is 4.79 Å². The Hall–Kier alpha value is -3.61. The summed E-state index contributed by atoms with van der Waals surface area (Å²) in [4.78, 5) is 30.7. The van der Waals surface area contributed by atoms with Crippen molar-refractivity contribution in [1.29, 1.82) is 0 Å². The minimum atomic E-state index is -0.647. The van der Waals surface area contributed by atoms with Crippen LogP contribution >= 0.6 is 0 Å². The molecule has 0 unspecified atom stereocenters. The van der Waals surface area contributed by atoms with Gasteiger partial charge in [0.25, 0.3) is 0 Å². The second kappa shape index (κ2) is 5.48. The van der Waals surface area contributed by atoms with Gasteiger partial charge in [0.2, 0.25) is 0 Å². The summed E-state index contributed by atoms with van der Waals surface area (Å²) in [7, 11) is 0. The van der Waals surface area contributed by atoms with Crippen molar-refractivity contribution in [1.82, 2.24) is 14.6 Å².